The fourth-order valence-electron chi connectivity index (χ4n) is 2.17. The minimum absolute atomic E-state index is 0.259. The minimum Gasteiger partial charge on any atom is -0.489 e. The van der Waals surface area contributed by atoms with Crippen molar-refractivity contribution in [2.75, 3.05) is 6.61 Å². The van der Waals surface area contributed by atoms with Gasteiger partial charge >= 0.3 is 5.97 Å². The average molecular weight is 310 g/mol. The Kier molecular flexibility index (Phi) is 6.42. The van der Waals surface area contributed by atoms with Crippen LogP contribution >= 0.6 is 0 Å². The van der Waals surface area contributed by atoms with Crippen molar-refractivity contribution in [3.8, 4) is 5.75 Å². The van der Waals surface area contributed by atoms with Crippen molar-refractivity contribution >= 4 is 12.0 Å². The highest BCUT2D eigenvalue weighted by Crippen LogP contribution is 2.18. The fraction of sp³-hybridized carbons (Fsp3) is 0.250. The topological polar surface area (TPSA) is 35.5 Å². The van der Waals surface area contributed by atoms with Gasteiger partial charge in [0, 0.05) is 5.57 Å². The largest absolute Gasteiger partial charge is 0.489 e. The van der Waals surface area contributed by atoms with Crippen LogP contribution in [-0.2, 0) is 16.1 Å². The molecule has 23 heavy (non-hydrogen) atoms. The van der Waals surface area contributed by atoms with Crippen LogP contribution in [0, 0.1) is 0 Å². The molecule has 120 valence electrons. The van der Waals surface area contributed by atoms with E-state index in [-0.39, 0.29) is 5.97 Å². The second-order valence-corrected chi connectivity index (χ2v) is 5.09. The number of carbonyl (C=O) groups is 1. The number of ether oxygens (including phenoxy) is 2. The molecule has 2 rings (SSSR count). The molecule has 2 aromatic rings. The maximum absolute atomic E-state index is 11.9. The number of hydrogen-bond acceptors (Lipinski definition) is 3. The average Bonchev–Trinajstić information content (AvgIpc) is 2.59. The summed E-state index contributed by atoms with van der Waals surface area (Å²) in [7, 11) is 0. The summed E-state index contributed by atoms with van der Waals surface area (Å²) in [6.07, 6.45) is 2.49. The molecule has 0 saturated carbocycles. The van der Waals surface area contributed by atoms with Gasteiger partial charge in [-0.25, -0.2) is 4.79 Å². The van der Waals surface area contributed by atoms with Gasteiger partial charge in [-0.3, -0.25) is 0 Å². The molecule has 0 aromatic heterocycles. The summed E-state index contributed by atoms with van der Waals surface area (Å²) in [4.78, 5) is 11.9. The quantitative estimate of drug-likeness (QED) is 0.553. The number of carbonyl (C=O) groups excluding carboxylic acids is 1. The normalized spacial score (nSPS) is 11.1. The van der Waals surface area contributed by atoms with Crippen LogP contribution in [0.25, 0.3) is 6.08 Å². The Labute approximate surface area is 137 Å². The smallest absolute Gasteiger partial charge is 0.333 e. The first-order valence-corrected chi connectivity index (χ1v) is 7.87. The summed E-state index contributed by atoms with van der Waals surface area (Å²) in [6, 6.07) is 17.7. The van der Waals surface area contributed by atoms with Crippen molar-refractivity contribution in [3.05, 3.63) is 71.3 Å². The Hall–Kier alpha value is -2.55. The SMILES string of the molecule is CCOC(=O)/C(=C/c1cccc(OCc2ccccc2)c1)CC. The van der Waals surface area contributed by atoms with Gasteiger partial charge in [-0.1, -0.05) is 49.4 Å². The molecule has 0 atom stereocenters. The summed E-state index contributed by atoms with van der Waals surface area (Å²) in [6.45, 7) is 4.66. The Morgan fingerprint density at radius 2 is 1.83 bits per heavy atom. The number of benzene rings is 2. The Morgan fingerprint density at radius 1 is 1.04 bits per heavy atom. The molecule has 0 fully saturated rings. The summed E-state index contributed by atoms with van der Waals surface area (Å²) >= 11 is 0. The number of rotatable bonds is 7. The Morgan fingerprint density at radius 3 is 2.52 bits per heavy atom. The molecule has 0 bridgehead atoms. The van der Waals surface area contributed by atoms with E-state index in [0.717, 1.165) is 16.9 Å². The lowest BCUT2D eigenvalue weighted by atomic mass is 10.1. The van der Waals surface area contributed by atoms with E-state index in [2.05, 4.69) is 0 Å². The van der Waals surface area contributed by atoms with Gasteiger partial charge in [0.25, 0.3) is 0 Å². The zero-order chi connectivity index (χ0) is 16.5. The predicted molar refractivity (Wildman–Crippen MR) is 92.1 cm³/mol. The number of hydrogen-bond donors (Lipinski definition) is 0. The van der Waals surface area contributed by atoms with Crippen molar-refractivity contribution in [1.29, 1.82) is 0 Å². The molecule has 2 aromatic carbocycles. The fourth-order valence-corrected chi connectivity index (χ4v) is 2.17. The van der Waals surface area contributed by atoms with Gasteiger partial charge in [0.2, 0.25) is 0 Å². The molecule has 3 nitrogen and oxygen atoms in total. The van der Waals surface area contributed by atoms with E-state index < -0.39 is 0 Å². The van der Waals surface area contributed by atoms with E-state index >= 15 is 0 Å². The van der Waals surface area contributed by atoms with Crippen molar-refractivity contribution in [2.45, 2.75) is 26.9 Å². The van der Waals surface area contributed by atoms with Gasteiger partial charge < -0.3 is 9.47 Å². The van der Waals surface area contributed by atoms with Crippen LogP contribution in [0.15, 0.2) is 60.2 Å². The van der Waals surface area contributed by atoms with Crippen LogP contribution in [0.1, 0.15) is 31.4 Å². The van der Waals surface area contributed by atoms with Crippen LogP contribution in [0.4, 0.5) is 0 Å². The van der Waals surface area contributed by atoms with Crippen molar-refractivity contribution in [2.24, 2.45) is 0 Å². The second kappa shape index (κ2) is 8.79. The van der Waals surface area contributed by atoms with E-state index in [1.807, 2.05) is 74.5 Å². The number of esters is 1. The van der Waals surface area contributed by atoms with Crippen LogP contribution in [0.2, 0.25) is 0 Å². The first-order valence-electron chi connectivity index (χ1n) is 7.87. The predicted octanol–water partition coefficient (Wildman–Crippen LogP) is 4.62. The molecular formula is C20H22O3. The van der Waals surface area contributed by atoms with Gasteiger partial charge in [0.1, 0.15) is 12.4 Å². The van der Waals surface area contributed by atoms with Gasteiger partial charge in [-0.05, 0) is 42.7 Å². The van der Waals surface area contributed by atoms with Crippen LogP contribution in [0.5, 0.6) is 5.75 Å². The summed E-state index contributed by atoms with van der Waals surface area (Å²) in [5.74, 6) is 0.521. The molecule has 0 aliphatic rings. The summed E-state index contributed by atoms with van der Waals surface area (Å²) in [5, 5.41) is 0. The minimum atomic E-state index is -0.259. The van der Waals surface area contributed by atoms with E-state index in [1.54, 1.807) is 0 Å². The van der Waals surface area contributed by atoms with Crippen molar-refractivity contribution < 1.29 is 14.3 Å². The zero-order valence-electron chi connectivity index (χ0n) is 13.6. The molecule has 0 aliphatic heterocycles. The third-order valence-electron chi connectivity index (χ3n) is 3.37. The molecule has 0 saturated heterocycles. The van der Waals surface area contributed by atoms with Crippen molar-refractivity contribution in [1.82, 2.24) is 0 Å². The maximum atomic E-state index is 11.9. The van der Waals surface area contributed by atoms with Crippen LogP contribution < -0.4 is 4.74 Å². The third-order valence-corrected chi connectivity index (χ3v) is 3.37. The lowest BCUT2D eigenvalue weighted by Gasteiger charge is -2.08. The highest BCUT2D eigenvalue weighted by Gasteiger charge is 2.08. The van der Waals surface area contributed by atoms with Crippen LogP contribution in [0.3, 0.4) is 0 Å². The van der Waals surface area contributed by atoms with Crippen molar-refractivity contribution in [3.63, 3.8) is 0 Å². The molecule has 0 heterocycles. The summed E-state index contributed by atoms with van der Waals surface area (Å²) in [5.41, 5.74) is 2.71. The molecular weight excluding hydrogens is 288 g/mol. The van der Waals surface area contributed by atoms with E-state index in [1.165, 1.54) is 0 Å². The van der Waals surface area contributed by atoms with Gasteiger partial charge in [0.15, 0.2) is 0 Å². The Balaban J connectivity index is 2.08. The maximum Gasteiger partial charge on any atom is 0.333 e. The molecule has 0 spiro atoms. The van der Waals surface area contributed by atoms with Gasteiger partial charge in [-0.2, -0.15) is 0 Å². The molecule has 0 aliphatic carbocycles. The molecule has 0 amide bonds. The molecule has 0 N–H and O–H groups in total. The van der Waals surface area contributed by atoms with Gasteiger partial charge in [-0.15, -0.1) is 0 Å². The lowest BCUT2D eigenvalue weighted by Crippen LogP contribution is -2.06. The highest BCUT2D eigenvalue weighted by molar-refractivity contribution is 5.93. The summed E-state index contributed by atoms with van der Waals surface area (Å²) < 4.78 is 10.9. The first kappa shape index (κ1) is 16.8. The standard InChI is InChI=1S/C20H22O3/c1-3-18(20(21)22-4-2)13-17-11-8-12-19(14-17)23-15-16-9-6-5-7-10-16/h5-14H,3-4,15H2,1-2H3/b18-13+. The molecule has 0 radical (unpaired) electrons. The van der Waals surface area contributed by atoms with Crippen LogP contribution in [-0.4, -0.2) is 12.6 Å². The molecule has 0 unspecified atom stereocenters. The first-order chi connectivity index (χ1) is 11.2. The van der Waals surface area contributed by atoms with E-state index in [0.29, 0.717) is 25.2 Å². The monoisotopic (exact) mass is 310 g/mol. The Bertz CT molecular complexity index is 660. The molecule has 3 heteroatoms. The van der Waals surface area contributed by atoms with E-state index in [4.69, 9.17) is 9.47 Å². The third kappa shape index (κ3) is 5.29. The van der Waals surface area contributed by atoms with E-state index in [9.17, 15) is 4.79 Å². The second-order valence-electron chi connectivity index (χ2n) is 5.09. The highest BCUT2D eigenvalue weighted by atomic mass is 16.5. The zero-order valence-corrected chi connectivity index (χ0v) is 13.6. The van der Waals surface area contributed by atoms with Gasteiger partial charge in [0.05, 0.1) is 6.61 Å². The lowest BCUT2D eigenvalue weighted by molar-refractivity contribution is -0.138.